The lowest BCUT2D eigenvalue weighted by Gasteiger charge is -2.18. The Bertz CT molecular complexity index is 639. The number of hydrogen-bond donors (Lipinski definition) is 1. The number of para-hydroxylation sites is 2. The van der Waals surface area contributed by atoms with E-state index >= 15 is 0 Å². The van der Waals surface area contributed by atoms with Crippen LogP contribution in [0.4, 0.5) is 5.69 Å². The summed E-state index contributed by atoms with van der Waals surface area (Å²) >= 11 is 0. The standard InChI is InChI=1S/C13H14N4O4/c1-8(14-15-9(2)18)12-13(19)21-16-17(12)10-6-4-5-7-11(10)20-3/h4-7,16H,1-3H3/b12-8+,15-14?. The summed E-state index contributed by atoms with van der Waals surface area (Å²) in [7, 11) is 1.52. The Hall–Kier alpha value is -2.74. The number of allylic oxidation sites excluding steroid dienone is 1. The third kappa shape index (κ3) is 3.06. The number of carbonyl (C=O) groups excluding carboxylic acids is 2. The van der Waals surface area contributed by atoms with E-state index in [-0.39, 0.29) is 11.4 Å². The van der Waals surface area contributed by atoms with Gasteiger partial charge in [-0.3, -0.25) is 4.79 Å². The smallest absolute Gasteiger partial charge is 0.378 e. The molecule has 1 N–H and O–H groups in total. The summed E-state index contributed by atoms with van der Waals surface area (Å²) in [5.41, 5.74) is 3.41. The highest BCUT2D eigenvalue weighted by Gasteiger charge is 2.33. The second kappa shape index (κ2) is 6.14. The molecule has 1 fully saturated rings. The molecule has 8 heteroatoms. The van der Waals surface area contributed by atoms with Crippen molar-refractivity contribution in [3.8, 4) is 5.75 Å². The van der Waals surface area contributed by atoms with Gasteiger partial charge in [0.25, 0.3) is 5.91 Å². The molecule has 0 saturated carbocycles. The topological polar surface area (TPSA) is 92.6 Å². The first-order chi connectivity index (χ1) is 10.0. The molecule has 1 aromatic carbocycles. The predicted octanol–water partition coefficient (Wildman–Crippen LogP) is 1.71. The zero-order valence-electron chi connectivity index (χ0n) is 11.8. The fourth-order valence-corrected chi connectivity index (χ4v) is 1.76. The Morgan fingerprint density at radius 3 is 2.67 bits per heavy atom. The van der Waals surface area contributed by atoms with Gasteiger partial charge in [-0.15, -0.1) is 10.2 Å². The minimum absolute atomic E-state index is 0.129. The van der Waals surface area contributed by atoms with E-state index in [0.29, 0.717) is 11.4 Å². The molecule has 0 unspecified atom stereocenters. The van der Waals surface area contributed by atoms with E-state index in [2.05, 4.69) is 15.8 Å². The van der Waals surface area contributed by atoms with Crippen molar-refractivity contribution in [3.05, 3.63) is 35.7 Å². The van der Waals surface area contributed by atoms with Gasteiger partial charge in [0.2, 0.25) is 0 Å². The van der Waals surface area contributed by atoms with E-state index in [1.807, 2.05) is 0 Å². The molecule has 1 aromatic rings. The number of methoxy groups -OCH3 is 1. The van der Waals surface area contributed by atoms with E-state index < -0.39 is 11.9 Å². The Morgan fingerprint density at radius 2 is 2.00 bits per heavy atom. The molecule has 110 valence electrons. The molecular formula is C13H14N4O4. The lowest BCUT2D eigenvalue weighted by Crippen LogP contribution is -2.29. The van der Waals surface area contributed by atoms with Crippen LogP contribution in [0.5, 0.6) is 5.75 Å². The fraction of sp³-hybridized carbons (Fsp3) is 0.231. The second-order valence-electron chi connectivity index (χ2n) is 4.14. The maximum absolute atomic E-state index is 11.8. The number of azo groups is 1. The van der Waals surface area contributed by atoms with Gasteiger partial charge in [-0.1, -0.05) is 17.7 Å². The number of hydrogen-bond acceptors (Lipinski definition) is 7. The largest absolute Gasteiger partial charge is 0.495 e. The number of nitrogens with zero attached hydrogens (tertiary/aromatic N) is 3. The highest BCUT2D eigenvalue weighted by molar-refractivity contribution is 5.95. The van der Waals surface area contributed by atoms with Crippen molar-refractivity contribution >= 4 is 17.6 Å². The van der Waals surface area contributed by atoms with Gasteiger partial charge in [-0.2, -0.15) is 0 Å². The van der Waals surface area contributed by atoms with Crippen LogP contribution < -0.4 is 15.3 Å². The molecule has 0 aliphatic carbocycles. The maximum atomic E-state index is 11.8. The molecular weight excluding hydrogens is 276 g/mol. The summed E-state index contributed by atoms with van der Waals surface area (Å²) in [5, 5.41) is 8.51. The quantitative estimate of drug-likeness (QED) is 0.673. The molecule has 0 atom stereocenters. The molecule has 1 amide bonds. The number of amides is 1. The highest BCUT2D eigenvalue weighted by Crippen LogP contribution is 2.32. The first kappa shape index (κ1) is 14.7. The van der Waals surface area contributed by atoms with E-state index in [0.717, 1.165) is 0 Å². The van der Waals surface area contributed by atoms with Crippen LogP contribution in [0.2, 0.25) is 0 Å². The number of carbonyl (C=O) groups is 2. The van der Waals surface area contributed by atoms with E-state index in [9.17, 15) is 9.59 Å². The zero-order valence-corrected chi connectivity index (χ0v) is 11.8. The molecule has 1 aliphatic heterocycles. The van der Waals surface area contributed by atoms with Gasteiger partial charge in [-0.25, -0.2) is 9.80 Å². The van der Waals surface area contributed by atoms with Crippen molar-refractivity contribution in [1.82, 2.24) is 5.59 Å². The summed E-state index contributed by atoms with van der Waals surface area (Å²) in [6, 6.07) is 7.06. The minimum atomic E-state index is -0.624. The molecule has 8 nitrogen and oxygen atoms in total. The van der Waals surface area contributed by atoms with Gasteiger partial charge in [0.15, 0.2) is 5.70 Å². The van der Waals surface area contributed by atoms with Crippen LogP contribution in [-0.4, -0.2) is 19.0 Å². The van der Waals surface area contributed by atoms with Crippen molar-refractivity contribution in [3.63, 3.8) is 0 Å². The molecule has 1 aliphatic rings. The number of benzene rings is 1. The molecule has 2 rings (SSSR count). The average Bonchev–Trinajstić information content (AvgIpc) is 2.86. The average molecular weight is 290 g/mol. The monoisotopic (exact) mass is 290 g/mol. The van der Waals surface area contributed by atoms with Crippen molar-refractivity contribution in [2.75, 3.05) is 12.1 Å². The van der Waals surface area contributed by atoms with Crippen LogP contribution >= 0.6 is 0 Å². The normalized spacial score (nSPS) is 17.1. The van der Waals surface area contributed by atoms with E-state index in [1.54, 1.807) is 31.2 Å². The van der Waals surface area contributed by atoms with Crippen LogP contribution in [0, 0.1) is 0 Å². The predicted molar refractivity (Wildman–Crippen MR) is 72.9 cm³/mol. The maximum Gasteiger partial charge on any atom is 0.378 e. The third-order valence-electron chi connectivity index (χ3n) is 2.66. The lowest BCUT2D eigenvalue weighted by atomic mass is 10.2. The minimum Gasteiger partial charge on any atom is -0.495 e. The van der Waals surface area contributed by atoms with Crippen LogP contribution in [0.1, 0.15) is 13.8 Å². The fourth-order valence-electron chi connectivity index (χ4n) is 1.76. The molecule has 0 radical (unpaired) electrons. The van der Waals surface area contributed by atoms with Gasteiger partial charge in [0, 0.05) is 6.92 Å². The highest BCUT2D eigenvalue weighted by atomic mass is 16.7. The zero-order chi connectivity index (χ0) is 15.4. The van der Waals surface area contributed by atoms with Crippen LogP contribution in [0.15, 0.2) is 45.9 Å². The van der Waals surface area contributed by atoms with Gasteiger partial charge in [-0.05, 0) is 19.1 Å². The Labute approximate surface area is 121 Å². The molecule has 0 aromatic heterocycles. The van der Waals surface area contributed by atoms with Gasteiger partial charge in [0.1, 0.15) is 11.4 Å². The molecule has 0 bridgehead atoms. The summed E-state index contributed by atoms with van der Waals surface area (Å²) in [6.07, 6.45) is 0. The number of nitrogens with one attached hydrogen (secondary N) is 1. The van der Waals surface area contributed by atoms with Gasteiger partial charge in [0.05, 0.1) is 12.8 Å². The van der Waals surface area contributed by atoms with Crippen molar-refractivity contribution in [2.45, 2.75) is 13.8 Å². The summed E-state index contributed by atoms with van der Waals surface area (Å²) in [4.78, 5) is 27.5. The van der Waals surface area contributed by atoms with Crippen LogP contribution in [0.25, 0.3) is 0 Å². The number of anilines is 1. The lowest BCUT2D eigenvalue weighted by molar-refractivity contribution is -0.140. The first-order valence-electron chi connectivity index (χ1n) is 6.07. The van der Waals surface area contributed by atoms with Gasteiger partial charge < -0.3 is 9.57 Å². The Balaban J connectivity index is 2.46. The van der Waals surface area contributed by atoms with Crippen LogP contribution in [0.3, 0.4) is 0 Å². The molecule has 0 spiro atoms. The Kier molecular flexibility index (Phi) is 4.29. The number of rotatable bonds is 3. The molecule has 1 saturated heterocycles. The van der Waals surface area contributed by atoms with Gasteiger partial charge >= 0.3 is 5.97 Å². The van der Waals surface area contributed by atoms with E-state index in [1.165, 1.54) is 19.0 Å². The summed E-state index contributed by atoms with van der Waals surface area (Å²) in [6.45, 7) is 2.82. The molecule has 21 heavy (non-hydrogen) atoms. The van der Waals surface area contributed by atoms with Crippen molar-refractivity contribution < 1.29 is 19.2 Å². The second-order valence-corrected chi connectivity index (χ2v) is 4.14. The Morgan fingerprint density at radius 1 is 1.29 bits per heavy atom. The molecule has 1 heterocycles. The number of ether oxygens (including phenoxy) is 1. The SMILES string of the molecule is COc1ccccc1N1NOC(=O)/C1=C(/C)N=NC(C)=O. The van der Waals surface area contributed by atoms with Crippen molar-refractivity contribution in [1.29, 1.82) is 0 Å². The van der Waals surface area contributed by atoms with Crippen molar-refractivity contribution in [2.24, 2.45) is 10.2 Å². The number of hydrazine groups is 1. The summed E-state index contributed by atoms with van der Waals surface area (Å²) < 4.78 is 5.24. The third-order valence-corrected chi connectivity index (χ3v) is 2.66. The first-order valence-corrected chi connectivity index (χ1v) is 6.07. The van der Waals surface area contributed by atoms with E-state index in [4.69, 9.17) is 9.57 Å². The summed E-state index contributed by atoms with van der Waals surface area (Å²) in [5.74, 6) is -0.545. The van der Waals surface area contributed by atoms with Crippen LogP contribution in [-0.2, 0) is 14.4 Å².